The van der Waals surface area contributed by atoms with E-state index in [1.165, 1.54) is 15.7 Å². The molecule has 0 atom stereocenters. The Balaban J connectivity index is 2.20. The predicted molar refractivity (Wildman–Crippen MR) is 78.3 cm³/mol. The van der Waals surface area contributed by atoms with Gasteiger partial charge in [-0.15, -0.1) is 22.9 Å². The second-order valence-electron chi connectivity index (χ2n) is 4.31. The van der Waals surface area contributed by atoms with E-state index in [9.17, 15) is 9.90 Å². The maximum Gasteiger partial charge on any atom is 0.286 e. The highest BCUT2D eigenvalue weighted by Crippen LogP contribution is 2.23. The first-order valence-corrected chi connectivity index (χ1v) is 7.74. The van der Waals surface area contributed by atoms with Gasteiger partial charge in [0, 0.05) is 12.3 Å². The van der Waals surface area contributed by atoms with E-state index in [4.69, 9.17) is 23.2 Å². The first-order chi connectivity index (χ1) is 10.1. The number of fused-ring (bicyclic) bond motifs is 1. The molecule has 21 heavy (non-hydrogen) atoms. The van der Waals surface area contributed by atoms with Gasteiger partial charge in [0.25, 0.3) is 5.65 Å². The van der Waals surface area contributed by atoms with Crippen LogP contribution in [-0.2, 0) is 6.54 Å². The summed E-state index contributed by atoms with van der Waals surface area (Å²) in [4.78, 5) is 16.8. The number of hydrogen-bond acceptors (Lipinski definition) is 4. The van der Waals surface area contributed by atoms with Crippen LogP contribution in [0.2, 0.25) is 4.47 Å². The summed E-state index contributed by atoms with van der Waals surface area (Å²) in [5, 5.41) is 12.4. The van der Waals surface area contributed by atoms with Crippen molar-refractivity contribution in [1.82, 2.24) is 9.55 Å². The second kappa shape index (κ2) is 5.63. The number of carbonyl (C=O) groups is 1. The maximum atomic E-state index is 12.4. The third-order valence-corrected chi connectivity index (χ3v) is 4.37. The maximum absolute atomic E-state index is 12.4. The zero-order chi connectivity index (χ0) is 15.0. The van der Waals surface area contributed by atoms with E-state index in [0.717, 1.165) is 4.88 Å². The van der Waals surface area contributed by atoms with Crippen LogP contribution in [0.15, 0.2) is 30.6 Å². The molecule has 0 unspecified atom stereocenters. The Morgan fingerprint density at radius 1 is 1.48 bits per heavy atom. The van der Waals surface area contributed by atoms with Crippen LogP contribution in [0.25, 0.3) is 5.65 Å². The molecular weight excluding hydrogens is 333 g/mol. The van der Waals surface area contributed by atoms with Crippen LogP contribution < -0.4 is 9.51 Å². The molecule has 0 saturated heterocycles. The third kappa shape index (κ3) is 2.50. The average molecular weight is 342 g/mol. The SMILES string of the molecule is O=C(CCl)c1c([O-])[n+]2ccccc2n1Cc1cnc(Cl)s1. The zero-order valence-corrected chi connectivity index (χ0v) is 13.0. The number of ketones is 1. The molecule has 0 radical (unpaired) electrons. The van der Waals surface area contributed by atoms with Crippen molar-refractivity contribution in [3.63, 3.8) is 0 Å². The Bertz CT molecular complexity index is 828. The number of pyridine rings is 1. The van der Waals surface area contributed by atoms with E-state index in [1.807, 2.05) is 0 Å². The van der Waals surface area contributed by atoms with E-state index in [2.05, 4.69) is 4.98 Å². The minimum absolute atomic E-state index is 0.0701. The van der Waals surface area contributed by atoms with E-state index >= 15 is 0 Å². The van der Waals surface area contributed by atoms with Gasteiger partial charge in [-0.2, -0.15) is 0 Å². The second-order valence-corrected chi connectivity index (χ2v) is 6.27. The molecule has 3 aromatic rings. The number of hydrogen-bond donors (Lipinski definition) is 0. The number of rotatable bonds is 4. The minimum atomic E-state index is -0.402. The summed E-state index contributed by atoms with van der Waals surface area (Å²) in [5.74, 6) is -1.01. The number of Topliss-reactive ketones (excluding diaryl/α,β-unsaturated/α-hetero) is 1. The predicted octanol–water partition coefficient (Wildman–Crippen LogP) is 1.88. The molecule has 0 spiro atoms. The van der Waals surface area contributed by atoms with Crippen LogP contribution in [0, 0.1) is 0 Å². The number of halogens is 2. The topological polar surface area (TPSA) is 62.0 Å². The monoisotopic (exact) mass is 341 g/mol. The lowest BCUT2D eigenvalue weighted by Crippen LogP contribution is -2.24. The molecule has 0 N–H and O–H groups in total. The van der Waals surface area contributed by atoms with Crippen molar-refractivity contribution in [2.24, 2.45) is 0 Å². The highest BCUT2D eigenvalue weighted by Gasteiger charge is 2.25. The molecule has 0 bridgehead atoms. The summed E-state index contributed by atoms with van der Waals surface area (Å²) in [6.45, 7) is 0.345. The van der Waals surface area contributed by atoms with E-state index in [-0.39, 0.29) is 17.5 Å². The molecule has 3 aromatic heterocycles. The molecule has 3 heterocycles. The van der Waals surface area contributed by atoms with Crippen molar-refractivity contribution in [2.75, 3.05) is 5.88 Å². The number of imidazole rings is 1. The van der Waals surface area contributed by atoms with Gasteiger partial charge in [0.05, 0.1) is 17.0 Å². The van der Waals surface area contributed by atoms with Gasteiger partial charge in [-0.3, -0.25) is 4.79 Å². The summed E-state index contributed by atoms with van der Waals surface area (Å²) < 4.78 is 3.50. The van der Waals surface area contributed by atoms with Gasteiger partial charge in [-0.05, 0) is 6.07 Å². The number of alkyl halides is 1. The standard InChI is InChI=1S/C13H9Cl2N3O2S/c14-5-9(19)11-12(20)17-4-2-1-3-10(17)18(11)7-8-6-16-13(15)21-8/h1-4,6H,5,7H2. The first kappa shape index (κ1) is 14.3. The fourth-order valence-corrected chi connectivity index (χ4v) is 3.27. The van der Waals surface area contributed by atoms with Gasteiger partial charge < -0.3 is 5.11 Å². The molecule has 0 aliphatic carbocycles. The zero-order valence-electron chi connectivity index (χ0n) is 10.6. The van der Waals surface area contributed by atoms with Crippen molar-refractivity contribution >= 4 is 46.0 Å². The molecule has 8 heteroatoms. The van der Waals surface area contributed by atoms with Gasteiger partial charge in [0.2, 0.25) is 11.5 Å². The highest BCUT2D eigenvalue weighted by molar-refractivity contribution is 7.15. The number of aromatic nitrogens is 3. The molecule has 0 saturated carbocycles. The Hall–Kier alpha value is -1.63. The molecular formula is C13H9Cl2N3O2S. The summed E-state index contributed by atoms with van der Waals surface area (Å²) >= 11 is 12.8. The molecule has 0 fully saturated rings. The van der Waals surface area contributed by atoms with Gasteiger partial charge in [-0.1, -0.05) is 17.7 Å². The minimum Gasteiger partial charge on any atom is -0.839 e. The van der Waals surface area contributed by atoms with Crippen LogP contribution >= 0.6 is 34.5 Å². The fraction of sp³-hybridized carbons (Fsp3) is 0.154. The molecule has 108 valence electrons. The van der Waals surface area contributed by atoms with Gasteiger partial charge in [0.1, 0.15) is 12.4 Å². The Labute approximate surface area is 134 Å². The molecule has 0 aliphatic heterocycles. The van der Waals surface area contributed by atoms with Gasteiger partial charge in [-0.25, -0.2) is 14.0 Å². The summed E-state index contributed by atoms with van der Waals surface area (Å²) in [6.07, 6.45) is 3.25. The smallest absolute Gasteiger partial charge is 0.286 e. The normalized spacial score (nSPS) is 11.1. The quantitative estimate of drug-likeness (QED) is 0.413. The van der Waals surface area contributed by atoms with Crippen LogP contribution in [0.3, 0.4) is 0 Å². The molecule has 3 rings (SSSR count). The lowest BCUT2D eigenvalue weighted by atomic mass is 10.3. The van der Waals surface area contributed by atoms with Crippen molar-refractivity contribution < 1.29 is 14.3 Å². The summed E-state index contributed by atoms with van der Waals surface area (Å²) in [7, 11) is 0. The van der Waals surface area contributed by atoms with Crippen LogP contribution in [0.4, 0.5) is 0 Å². The van der Waals surface area contributed by atoms with Gasteiger partial charge >= 0.3 is 0 Å². The van der Waals surface area contributed by atoms with E-state index in [1.54, 1.807) is 35.2 Å². The lowest BCUT2D eigenvalue weighted by molar-refractivity contribution is -0.582. The Kier molecular flexibility index (Phi) is 3.84. The molecule has 5 nitrogen and oxygen atoms in total. The number of thiazole rings is 1. The van der Waals surface area contributed by atoms with Gasteiger partial charge in [0.15, 0.2) is 4.47 Å². The van der Waals surface area contributed by atoms with Crippen LogP contribution in [-0.4, -0.2) is 21.2 Å². The van der Waals surface area contributed by atoms with Crippen LogP contribution in [0.5, 0.6) is 5.88 Å². The first-order valence-electron chi connectivity index (χ1n) is 6.01. The van der Waals surface area contributed by atoms with Crippen molar-refractivity contribution in [3.8, 4) is 5.88 Å². The third-order valence-electron chi connectivity index (χ3n) is 3.03. The Morgan fingerprint density at radius 3 is 2.95 bits per heavy atom. The number of carbonyl (C=O) groups excluding carboxylic acids is 1. The highest BCUT2D eigenvalue weighted by atomic mass is 35.5. The van der Waals surface area contributed by atoms with Crippen LogP contribution in [0.1, 0.15) is 15.4 Å². The molecule has 0 aromatic carbocycles. The molecule has 0 amide bonds. The van der Waals surface area contributed by atoms with Crippen molar-refractivity contribution in [1.29, 1.82) is 0 Å². The largest absolute Gasteiger partial charge is 0.839 e. The lowest BCUT2D eigenvalue weighted by Gasteiger charge is -2.02. The average Bonchev–Trinajstić information content (AvgIpc) is 3.02. The molecule has 0 aliphatic rings. The number of nitrogens with zero attached hydrogens (tertiary/aromatic N) is 3. The van der Waals surface area contributed by atoms with Crippen molar-refractivity contribution in [3.05, 3.63) is 45.6 Å². The van der Waals surface area contributed by atoms with E-state index in [0.29, 0.717) is 16.7 Å². The summed E-state index contributed by atoms with van der Waals surface area (Å²) in [6, 6.07) is 5.31. The fourth-order valence-electron chi connectivity index (χ4n) is 2.18. The van der Waals surface area contributed by atoms with Crippen molar-refractivity contribution in [2.45, 2.75) is 6.54 Å². The summed E-state index contributed by atoms with van der Waals surface area (Å²) in [5.41, 5.74) is 0.696. The Morgan fingerprint density at radius 2 is 2.29 bits per heavy atom. The van der Waals surface area contributed by atoms with E-state index < -0.39 is 5.78 Å².